The van der Waals surface area contributed by atoms with Crippen molar-refractivity contribution in [1.29, 1.82) is 0 Å². The highest BCUT2D eigenvalue weighted by atomic mass is 32.2. The van der Waals surface area contributed by atoms with Crippen LogP contribution in [-0.4, -0.2) is 45.0 Å². The van der Waals surface area contributed by atoms with E-state index in [1.165, 1.54) is 19.2 Å². The first-order chi connectivity index (χ1) is 11.5. The lowest BCUT2D eigenvalue weighted by atomic mass is 10.1. The predicted octanol–water partition coefficient (Wildman–Crippen LogP) is 2.64. The minimum absolute atomic E-state index is 0.0248. The molecule has 25 heavy (non-hydrogen) atoms. The average Bonchev–Trinajstić information content (AvgIpc) is 3.34. The zero-order chi connectivity index (χ0) is 19.0. The molecule has 1 fully saturated rings. The Labute approximate surface area is 150 Å². The van der Waals surface area contributed by atoms with E-state index in [0.717, 1.165) is 12.8 Å². The van der Waals surface area contributed by atoms with Crippen LogP contribution in [0.5, 0.6) is 5.75 Å². The van der Waals surface area contributed by atoms with Gasteiger partial charge in [0.15, 0.2) is 0 Å². The Hall–Kier alpha value is -1.60. The standard InChI is InChI=1S/C18H28N2O4S/c1-12(13-7-8-13)20(5)17(21)14-9-10-15(24-6)16(11-14)25(22,23)19-18(2,3)4/h9-13,19H,7-8H2,1-6H3. The predicted molar refractivity (Wildman–Crippen MR) is 97.3 cm³/mol. The summed E-state index contributed by atoms with van der Waals surface area (Å²) in [5, 5.41) is 0. The molecule has 0 radical (unpaired) electrons. The maximum atomic E-state index is 12.8. The molecule has 0 heterocycles. The lowest BCUT2D eigenvalue weighted by Gasteiger charge is -2.25. The van der Waals surface area contributed by atoms with E-state index in [1.807, 2.05) is 6.92 Å². The van der Waals surface area contributed by atoms with Gasteiger partial charge in [0.25, 0.3) is 5.91 Å². The molecular formula is C18H28N2O4S. The van der Waals surface area contributed by atoms with Crippen molar-refractivity contribution in [1.82, 2.24) is 9.62 Å². The van der Waals surface area contributed by atoms with Crippen LogP contribution in [0.2, 0.25) is 0 Å². The molecule has 2 rings (SSSR count). The first-order valence-electron chi connectivity index (χ1n) is 8.45. The van der Waals surface area contributed by atoms with Crippen molar-refractivity contribution < 1.29 is 17.9 Å². The molecule has 1 N–H and O–H groups in total. The average molecular weight is 368 g/mol. The maximum absolute atomic E-state index is 12.8. The molecule has 6 nitrogen and oxygen atoms in total. The smallest absolute Gasteiger partial charge is 0.253 e. The summed E-state index contributed by atoms with van der Waals surface area (Å²) in [6, 6.07) is 4.67. The molecule has 0 bridgehead atoms. The van der Waals surface area contributed by atoms with E-state index < -0.39 is 15.6 Å². The minimum Gasteiger partial charge on any atom is -0.495 e. The molecule has 7 heteroatoms. The zero-order valence-corrected chi connectivity index (χ0v) is 16.6. The van der Waals surface area contributed by atoms with Crippen LogP contribution in [0, 0.1) is 5.92 Å². The number of benzene rings is 1. The van der Waals surface area contributed by atoms with Crippen molar-refractivity contribution in [2.75, 3.05) is 14.2 Å². The van der Waals surface area contributed by atoms with Gasteiger partial charge in [0.05, 0.1) is 7.11 Å². The van der Waals surface area contributed by atoms with E-state index in [4.69, 9.17) is 4.74 Å². The van der Waals surface area contributed by atoms with Gasteiger partial charge in [0.2, 0.25) is 10.0 Å². The second kappa shape index (κ2) is 6.96. The lowest BCUT2D eigenvalue weighted by molar-refractivity contribution is 0.0727. The quantitative estimate of drug-likeness (QED) is 0.837. The Morgan fingerprint density at radius 2 is 1.92 bits per heavy atom. The van der Waals surface area contributed by atoms with Crippen molar-refractivity contribution >= 4 is 15.9 Å². The molecule has 0 spiro atoms. The fourth-order valence-electron chi connectivity index (χ4n) is 2.76. The van der Waals surface area contributed by atoms with Gasteiger partial charge in [-0.25, -0.2) is 13.1 Å². The number of ether oxygens (including phenoxy) is 1. The Bertz CT molecular complexity index is 749. The van der Waals surface area contributed by atoms with Crippen LogP contribution in [0.15, 0.2) is 23.1 Å². The van der Waals surface area contributed by atoms with Gasteiger partial charge in [0.1, 0.15) is 10.6 Å². The summed E-state index contributed by atoms with van der Waals surface area (Å²) in [4.78, 5) is 14.4. The van der Waals surface area contributed by atoms with Gasteiger partial charge in [-0.15, -0.1) is 0 Å². The molecule has 1 atom stereocenters. The monoisotopic (exact) mass is 368 g/mol. The molecule has 0 aliphatic heterocycles. The van der Waals surface area contributed by atoms with Crippen LogP contribution in [0.25, 0.3) is 0 Å². The molecule has 1 saturated carbocycles. The summed E-state index contributed by atoms with van der Waals surface area (Å²) >= 11 is 0. The van der Waals surface area contributed by atoms with E-state index in [9.17, 15) is 13.2 Å². The van der Waals surface area contributed by atoms with Crippen LogP contribution >= 0.6 is 0 Å². The third kappa shape index (κ3) is 4.73. The van der Waals surface area contributed by atoms with Gasteiger partial charge in [-0.2, -0.15) is 0 Å². The second-order valence-corrected chi connectivity index (χ2v) is 9.37. The number of carbonyl (C=O) groups excluding carboxylic acids is 1. The first-order valence-corrected chi connectivity index (χ1v) is 9.94. The lowest BCUT2D eigenvalue weighted by Crippen LogP contribution is -2.40. The fraction of sp³-hybridized carbons (Fsp3) is 0.611. The van der Waals surface area contributed by atoms with Gasteiger partial charge in [-0.3, -0.25) is 4.79 Å². The molecule has 140 valence electrons. The number of hydrogen-bond acceptors (Lipinski definition) is 4. The summed E-state index contributed by atoms with van der Waals surface area (Å²) < 4.78 is 33.2. The molecule has 0 aromatic heterocycles. The largest absolute Gasteiger partial charge is 0.495 e. The molecule has 1 unspecified atom stereocenters. The van der Waals surface area contributed by atoms with Crippen LogP contribution in [0.1, 0.15) is 50.9 Å². The number of rotatable bonds is 6. The molecule has 1 aromatic rings. The highest BCUT2D eigenvalue weighted by Crippen LogP contribution is 2.35. The van der Waals surface area contributed by atoms with Crippen LogP contribution in [0.4, 0.5) is 0 Å². The van der Waals surface area contributed by atoms with E-state index in [1.54, 1.807) is 38.8 Å². The van der Waals surface area contributed by atoms with E-state index in [-0.39, 0.29) is 22.6 Å². The van der Waals surface area contributed by atoms with Gasteiger partial charge in [-0.1, -0.05) is 0 Å². The van der Waals surface area contributed by atoms with E-state index >= 15 is 0 Å². The number of sulfonamides is 1. The van der Waals surface area contributed by atoms with Crippen molar-refractivity contribution in [3.8, 4) is 5.75 Å². The van der Waals surface area contributed by atoms with Crippen molar-refractivity contribution in [3.63, 3.8) is 0 Å². The minimum atomic E-state index is -3.81. The summed E-state index contributed by atoms with van der Waals surface area (Å²) in [5.74, 6) is 0.568. The van der Waals surface area contributed by atoms with E-state index in [0.29, 0.717) is 11.5 Å². The van der Waals surface area contributed by atoms with Crippen molar-refractivity contribution in [2.45, 2.75) is 57.0 Å². The third-order valence-corrected chi connectivity index (χ3v) is 6.16. The normalized spacial score (nSPS) is 16.4. The summed E-state index contributed by atoms with van der Waals surface area (Å²) in [6.45, 7) is 7.31. The van der Waals surface area contributed by atoms with Gasteiger partial charge >= 0.3 is 0 Å². The number of amides is 1. The number of nitrogens with zero attached hydrogens (tertiary/aromatic N) is 1. The molecule has 1 aromatic carbocycles. The van der Waals surface area contributed by atoms with Crippen LogP contribution in [0.3, 0.4) is 0 Å². The van der Waals surface area contributed by atoms with Gasteiger partial charge in [-0.05, 0) is 64.7 Å². The van der Waals surface area contributed by atoms with Gasteiger partial charge in [0, 0.05) is 24.2 Å². The number of methoxy groups -OCH3 is 1. The Morgan fingerprint density at radius 3 is 2.40 bits per heavy atom. The second-order valence-electron chi connectivity index (χ2n) is 7.72. The number of nitrogens with one attached hydrogen (secondary N) is 1. The van der Waals surface area contributed by atoms with Crippen molar-refractivity contribution in [2.24, 2.45) is 5.92 Å². The molecule has 1 aliphatic rings. The highest BCUT2D eigenvalue weighted by molar-refractivity contribution is 7.89. The Kier molecular flexibility index (Phi) is 5.49. The zero-order valence-electron chi connectivity index (χ0n) is 15.8. The fourth-order valence-corrected chi connectivity index (χ4v) is 4.38. The topological polar surface area (TPSA) is 75.7 Å². The summed E-state index contributed by atoms with van der Waals surface area (Å²) in [6.07, 6.45) is 2.27. The Balaban J connectivity index is 2.37. The molecule has 1 aliphatic carbocycles. The molecular weight excluding hydrogens is 340 g/mol. The van der Waals surface area contributed by atoms with Crippen molar-refractivity contribution in [3.05, 3.63) is 23.8 Å². The summed E-state index contributed by atoms with van der Waals surface area (Å²) in [7, 11) is -0.640. The summed E-state index contributed by atoms with van der Waals surface area (Å²) in [5.41, 5.74) is -0.300. The third-order valence-electron chi connectivity index (χ3n) is 4.38. The highest BCUT2D eigenvalue weighted by Gasteiger charge is 2.33. The maximum Gasteiger partial charge on any atom is 0.253 e. The molecule has 0 saturated heterocycles. The van der Waals surface area contributed by atoms with Crippen LogP contribution < -0.4 is 9.46 Å². The van der Waals surface area contributed by atoms with E-state index in [2.05, 4.69) is 4.72 Å². The first kappa shape index (κ1) is 19.7. The van der Waals surface area contributed by atoms with Gasteiger partial charge < -0.3 is 9.64 Å². The Morgan fingerprint density at radius 1 is 1.32 bits per heavy atom. The SMILES string of the molecule is COc1ccc(C(=O)N(C)C(C)C2CC2)cc1S(=O)(=O)NC(C)(C)C. The van der Waals surface area contributed by atoms with Crippen LogP contribution in [-0.2, 0) is 10.0 Å². The number of carbonyl (C=O) groups is 1. The number of hydrogen-bond donors (Lipinski definition) is 1. The molecule has 1 amide bonds.